The summed E-state index contributed by atoms with van der Waals surface area (Å²) in [7, 11) is 0. The molecule has 0 amide bonds. The molecule has 0 heterocycles. The lowest BCUT2D eigenvalue weighted by Gasteiger charge is -2.24. The first-order valence-electron chi connectivity index (χ1n) is 5.09. The van der Waals surface area contributed by atoms with Crippen molar-refractivity contribution in [2.75, 3.05) is 6.54 Å². The molecule has 1 heteroatoms. The Morgan fingerprint density at radius 2 is 1.92 bits per heavy atom. The van der Waals surface area contributed by atoms with Gasteiger partial charge in [-0.3, -0.25) is 0 Å². The van der Waals surface area contributed by atoms with Crippen LogP contribution in [0.5, 0.6) is 0 Å². The quantitative estimate of drug-likeness (QED) is 0.629. The van der Waals surface area contributed by atoms with Crippen LogP contribution < -0.4 is 5.73 Å². The Bertz CT molecular complexity index is 152. The first kappa shape index (κ1) is 9.79. The van der Waals surface area contributed by atoms with Crippen molar-refractivity contribution in [2.45, 2.75) is 39.5 Å². The Labute approximate surface area is 76.0 Å². The number of nitrogens with two attached hydrogens (primary N) is 1. The summed E-state index contributed by atoms with van der Waals surface area (Å²) in [6.45, 7) is 5.22. The van der Waals surface area contributed by atoms with Crippen molar-refractivity contribution in [3.63, 3.8) is 0 Å². The smallest absolute Gasteiger partial charge is 0.0134 e. The van der Waals surface area contributed by atoms with Crippen LogP contribution in [0.2, 0.25) is 0 Å². The van der Waals surface area contributed by atoms with Crippen molar-refractivity contribution < 1.29 is 0 Å². The van der Waals surface area contributed by atoms with E-state index in [1.807, 2.05) is 0 Å². The minimum absolute atomic E-state index is 0.728. The summed E-state index contributed by atoms with van der Waals surface area (Å²) < 4.78 is 0. The SMILES string of the molecule is CC(=CC1CCC(C)CC1)CN. The van der Waals surface area contributed by atoms with Crippen molar-refractivity contribution in [1.82, 2.24) is 0 Å². The highest BCUT2D eigenvalue weighted by Gasteiger charge is 2.15. The van der Waals surface area contributed by atoms with Crippen LogP contribution in [0.4, 0.5) is 0 Å². The van der Waals surface area contributed by atoms with Crippen LogP contribution in [0.3, 0.4) is 0 Å². The summed E-state index contributed by atoms with van der Waals surface area (Å²) in [6.07, 6.45) is 7.93. The second-order valence-corrected chi connectivity index (χ2v) is 4.24. The van der Waals surface area contributed by atoms with E-state index in [0.29, 0.717) is 0 Å². The van der Waals surface area contributed by atoms with Crippen molar-refractivity contribution in [3.8, 4) is 0 Å². The fraction of sp³-hybridized carbons (Fsp3) is 0.818. The van der Waals surface area contributed by atoms with Gasteiger partial charge in [0.1, 0.15) is 0 Å². The second-order valence-electron chi connectivity index (χ2n) is 4.24. The van der Waals surface area contributed by atoms with Gasteiger partial charge in [0.05, 0.1) is 0 Å². The summed E-state index contributed by atoms with van der Waals surface area (Å²) in [5.41, 5.74) is 6.90. The largest absolute Gasteiger partial charge is 0.327 e. The lowest BCUT2D eigenvalue weighted by molar-refractivity contribution is 0.329. The lowest BCUT2D eigenvalue weighted by atomic mass is 9.82. The predicted octanol–water partition coefficient (Wildman–Crippen LogP) is 2.72. The zero-order chi connectivity index (χ0) is 8.97. The van der Waals surface area contributed by atoms with Crippen LogP contribution in [0.15, 0.2) is 11.6 Å². The van der Waals surface area contributed by atoms with Crippen LogP contribution in [0.25, 0.3) is 0 Å². The average Bonchev–Trinajstić information content (AvgIpc) is 2.09. The Kier molecular flexibility index (Phi) is 3.80. The van der Waals surface area contributed by atoms with Gasteiger partial charge in [-0.2, -0.15) is 0 Å². The van der Waals surface area contributed by atoms with Gasteiger partial charge in [-0.1, -0.05) is 31.4 Å². The molecule has 0 unspecified atom stereocenters. The van der Waals surface area contributed by atoms with Gasteiger partial charge in [-0.15, -0.1) is 0 Å². The molecular formula is C11H21N. The van der Waals surface area contributed by atoms with E-state index in [9.17, 15) is 0 Å². The van der Waals surface area contributed by atoms with E-state index in [0.717, 1.165) is 18.4 Å². The molecule has 1 aliphatic rings. The molecular weight excluding hydrogens is 146 g/mol. The third-order valence-electron chi connectivity index (χ3n) is 2.90. The van der Waals surface area contributed by atoms with Gasteiger partial charge in [0.2, 0.25) is 0 Å². The normalized spacial score (nSPS) is 32.1. The van der Waals surface area contributed by atoms with Crippen molar-refractivity contribution in [2.24, 2.45) is 17.6 Å². The summed E-state index contributed by atoms with van der Waals surface area (Å²) in [5.74, 6) is 1.78. The van der Waals surface area contributed by atoms with E-state index in [4.69, 9.17) is 5.73 Å². The van der Waals surface area contributed by atoms with Gasteiger partial charge >= 0.3 is 0 Å². The fourth-order valence-corrected chi connectivity index (χ4v) is 1.92. The third-order valence-corrected chi connectivity index (χ3v) is 2.90. The van der Waals surface area contributed by atoms with Crippen molar-refractivity contribution in [3.05, 3.63) is 11.6 Å². The highest BCUT2D eigenvalue weighted by molar-refractivity contribution is 5.03. The Morgan fingerprint density at radius 1 is 1.33 bits per heavy atom. The standard InChI is InChI=1S/C11H21N/c1-9-3-5-11(6-4-9)7-10(2)8-12/h7,9,11H,3-6,8,12H2,1-2H3. The zero-order valence-corrected chi connectivity index (χ0v) is 8.34. The van der Waals surface area contributed by atoms with Crippen molar-refractivity contribution >= 4 is 0 Å². The summed E-state index contributed by atoms with van der Waals surface area (Å²) in [5, 5.41) is 0. The van der Waals surface area contributed by atoms with Gasteiger partial charge < -0.3 is 5.73 Å². The van der Waals surface area contributed by atoms with E-state index >= 15 is 0 Å². The lowest BCUT2D eigenvalue weighted by Crippen LogP contribution is -2.11. The Hall–Kier alpha value is -0.300. The third kappa shape index (κ3) is 2.98. The van der Waals surface area contributed by atoms with E-state index < -0.39 is 0 Å². The molecule has 0 aliphatic heterocycles. The first-order valence-corrected chi connectivity index (χ1v) is 5.09. The molecule has 0 aromatic heterocycles. The zero-order valence-electron chi connectivity index (χ0n) is 8.34. The summed E-state index contributed by atoms with van der Waals surface area (Å²) in [6, 6.07) is 0. The number of hydrogen-bond donors (Lipinski definition) is 1. The molecule has 1 nitrogen and oxygen atoms in total. The highest BCUT2D eigenvalue weighted by atomic mass is 14.5. The number of rotatable bonds is 2. The molecule has 1 saturated carbocycles. The molecule has 0 bridgehead atoms. The minimum Gasteiger partial charge on any atom is -0.327 e. The summed E-state index contributed by atoms with van der Waals surface area (Å²) >= 11 is 0. The topological polar surface area (TPSA) is 26.0 Å². The Morgan fingerprint density at radius 3 is 2.42 bits per heavy atom. The van der Waals surface area contributed by atoms with Crippen LogP contribution in [0.1, 0.15) is 39.5 Å². The predicted molar refractivity (Wildman–Crippen MR) is 53.9 cm³/mol. The summed E-state index contributed by atoms with van der Waals surface area (Å²) in [4.78, 5) is 0. The Balaban J connectivity index is 2.35. The fourth-order valence-electron chi connectivity index (χ4n) is 1.92. The van der Waals surface area contributed by atoms with E-state index in [1.165, 1.54) is 31.3 Å². The second kappa shape index (κ2) is 4.66. The van der Waals surface area contributed by atoms with E-state index in [-0.39, 0.29) is 0 Å². The molecule has 0 spiro atoms. The van der Waals surface area contributed by atoms with Crippen LogP contribution in [0, 0.1) is 11.8 Å². The van der Waals surface area contributed by atoms with E-state index in [2.05, 4.69) is 19.9 Å². The molecule has 0 saturated heterocycles. The maximum Gasteiger partial charge on any atom is 0.0134 e. The molecule has 1 fully saturated rings. The highest BCUT2D eigenvalue weighted by Crippen LogP contribution is 2.29. The van der Waals surface area contributed by atoms with E-state index in [1.54, 1.807) is 0 Å². The van der Waals surface area contributed by atoms with Crippen molar-refractivity contribution in [1.29, 1.82) is 0 Å². The van der Waals surface area contributed by atoms with Gasteiger partial charge in [-0.25, -0.2) is 0 Å². The minimum atomic E-state index is 0.728. The molecule has 1 aliphatic carbocycles. The molecule has 12 heavy (non-hydrogen) atoms. The average molecular weight is 167 g/mol. The van der Waals surface area contributed by atoms with Gasteiger partial charge in [0, 0.05) is 6.54 Å². The maximum absolute atomic E-state index is 5.55. The first-order chi connectivity index (χ1) is 5.72. The number of allylic oxidation sites excluding steroid dienone is 1. The van der Waals surface area contributed by atoms with Gasteiger partial charge in [0.25, 0.3) is 0 Å². The van der Waals surface area contributed by atoms with Crippen LogP contribution >= 0.6 is 0 Å². The molecule has 70 valence electrons. The van der Waals surface area contributed by atoms with Gasteiger partial charge in [0.15, 0.2) is 0 Å². The number of hydrogen-bond acceptors (Lipinski definition) is 1. The maximum atomic E-state index is 5.55. The molecule has 1 rings (SSSR count). The molecule has 2 N–H and O–H groups in total. The van der Waals surface area contributed by atoms with Crippen LogP contribution in [-0.4, -0.2) is 6.54 Å². The monoisotopic (exact) mass is 167 g/mol. The van der Waals surface area contributed by atoms with Crippen LogP contribution in [-0.2, 0) is 0 Å². The molecule has 0 atom stereocenters. The molecule has 0 radical (unpaired) electrons. The molecule has 0 aromatic rings. The van der Waals surface area contributed by atoms with Gasteiger partial charge in [-0.05, 0) is 31.6 Å². The molecule has 0 aromatic carbocycles.